The second-order valence-corrected chi connectivity index (χ2v) is 5.73. The van der Waals surface area contributed by atoms with Crippen molar-refractivity contribution in [3.05, 3.63) is 48.0 Å². The van der Waals surface area contributed by atoms with Crippen LogP contribution in [-0.4, -0.2) is 11.1 Å². The fraction of sp³-hybridized carbons (Fsp3) is 0. The maximum atomic E-state index is 11.0. The molecule has 0 spiro atoms. The van der Waals surface area contributed by atoms with E-state index in [2.05, 4.69) is 25.3 Å². The standard InChI is InChI=1S/C13H10O2S3/c14-13(15)11-7-10(5-6-12(11)17)18-9-3-1-8(16)2-4-9/h1-7,16-17H,(H,14,15). The van der Waals surface area contributed by atoms with Crippen molar-refractivity contribution < 1.29 is 9.90 Å². The van der Waals surface area contributed by atoms with Crippen molar-refractivity contribution in [1.29, 1.82) is 0 Å². The lowest BCUT2D eigenvalue weighted by molar-refractivity contribution is 0.0693. The molecule has 0 unspecified atom stereocenters. The molecule has 0 aliphatic heterocycles. The molecule has 18 heavy (non-hydrogen) atoms. The minimum atomic E-state index is -0.965. The van der Waals surface area contributed by atoms with Crippen LogP contribution in [0.5, 0.6) is 0 Å². The SMILES string of the molecule is O=C(O)c1cc(Sc2ccc(S)cc2)ccc1S. The molecule has 2 aromatic rings. The smallest absolute Gasteiger partial charge is 0.336 e. The van der Waals surface area contributed by atoms with Crippen molar-refractivity contribution >= 4 is 43.0 Å². The number of carboxylic acids is 1. The molecule has 0 saturated carbocycles. The molecule has 0 radical (unpaired) electrons. The molecule has 0 aliphatic carbocycles. The quantitative estimate of drug-likeness (QED) is 0.746. The van der Waals surface area contributed by atoms with Crippen LogP contribution in [0.1, 0.15) is 10.4 Å². The molecule has 0 aromatic heterocycles. The van der Waals surface area contributed by atoms with Crippen molar-refractivity contribution in [2.24, 2.45) is 0 Å². The van der Waals surface area contributed by atoms with Gasteiger partial charge in [0.05, 0.1) is 5.56 Å². The predicted octanol–water partition coefficient (Wildman–Crippen LogP) is 4.11. The number of carboxylic acid groups (broad SMARTS) is 1. The molecule has 2 aromatic carbocycles. The molecule has 1 N–H and O–H groups in total. The van der Waals surface area contributed by atoms with Crippen molar-refractivity contribution in [3.63, 3.8) is 0 Å². The van der Waals surface area contributed by atoms with Gasteiger partial charge in [0.2, 0.25) is 0 Å². The Morgan fingerprint density at radius 2 is 1.61 bits per heavy atom. The summed E-state index contributed by atoms with van der Waals surface area (Å²) >= 11 is 9.85. The van der Waals surface area contributed by atoms with Gasteiger partial charge in [-0.1, -0.05) is 11.8 Å². The first-order valence-electron chi connectivity index (χ1n) is 5.09. The second kappa shape index (κ2) is 5.73. The van der Waals surface area contributed by atoms with Crippen LogP contribution in [0.2, 0.25) is 0 Å². The van der Waals surface area contributed by atoms with Crippen LogP contribution in [0, 0.1) is 0 Å². The highest BCUT2D eigenvalue weighted by atomic mass is 32.2. The van der Waals surface area contributed by atoms with Gasteiger partial charge in [0.25, 0.3) is 0 Å². The van der Waals surface area contributed by atoms with E-state index >= 15 is 0 Å². The average Bonchev–Trinajstić information content (AvgIpc) is 2.34. The zero-order valence-electron chi connectivity index (χ0n) is 9.20. The van der Waals surface area contributed by atoms with Gasteiger partial charge in [0.1, 0.15) is 0 Å². The van der Waals surface area contributed by atoms with Gasteiger partial charge in [-0.3, -0.25) is 0 Å². The lowest BCUT2D eigenvalue weighted by Crippen LogP contribution is -1.97. The number of rotatable bonds is 3. The normalized spacial score (nSPS) is 10.3. The zero-order valence-corrected chi connectivity index (χ0v) is 11.8. The van der Waals surface area contributed by atoms with Crippen molar-refractivity contribution in [2.45, 2.75) is 19.6 Å². The van der Waals surface area contributed by atoms with E-state index in [1.807, 2.05) is 30.3 Å². The van der Waals surface area contributed by atoms with Gasteiger partial charge in [-0.25, -0.2) is 4.79 Å². The monoisotopic (exact) mass is 294 g/mol. The summed E-state index contributed by atoms with van der Waals surface area (Å²) < 4.78 is 0. The number of thiol groups is 2. The first-order chi connectivity index (χ1) is 8.56. The Hall–Kier alpha value is -1.04. The Labute approximate surface area is 120 Å². The number of hydrogen-bond donors (Lipinski definition) is 3. The lowest BCUT2D eigenvalue weighted by Gasteiger charge is -2.05. The molecular formula is C13H10O2S3. The summed E-state index contributed by atoms with van der Waals surface area (Å²) in [6, 6.07) is 12.9. The highest BCUT2D eigenvalue weighted by Crippen LogP contribution is 2.30. The highest BCUT2D eigenvalue weighted by molar-refractivity contribution is 7.99. The summed E-state index contributed by atoms with van der Waals surface area (Å²) in [4.78, 5) is 14.3. The van der Waals surface area contributed by atoms with Crippen molar-refractivity contribution in [1.82, 2.24) is 0 Å². The van der Waals surface area contributed by atoms with E-state index in [1.54, 1.807) is 12.1 Å². The van der Waals surface area contributed by atoms with E-state index in [4.69, 9.17) is 5.11 Å². The van der Waals surface area contributed by atoms with Crippen LogP contribution in [0.3, 0.4) is 0 Å². The Kier molecular flexibility index (Phi) is 4.27. The van der Waals surface area contributed by atoms with Crippen molar-refractivity contribution in [3.8, 4) is 0 Å². The summed E-state index contributed by atoms with van der Waals surface area (Å²) in [6.45, 7) is 0. The average molecular weight is 294 g/mol. The van der Waals surface area contributed by atoms with Crippen LogP contribution >= 0.6 is 37.0 Å². The summed E-state index contributed by atoms with van der Waals surface area (Å²) in [7, 11) is 0. The van der Waals surface area contributed by atoms with Gasteiger partial charge >= 0.3 is 5.97 Å². The molecule has 92 valence electrons. The Morgan fingerprint density at radius 3 is 2.22 bits per heavy atom. The summed E-state index contributed by atoms with van der Waals surface area (Å²) in [5, 5.41) is 9.02. The van der Waals surface area contributed by atoms with Gasteiger partial charge in [0, 0.05) is 19.6 Å². The van der Waals surface area contributed by atoms with Crippen LogP contribution in [-0.2, 0) is 0 Å². The molecule has 5 heteroatoms. The van der Waals surface area contributed by atoms with Gasteiger partial charge < -0.3 is 5.11 Å². The van der Waals surface area contributed by atoms with Gasteiger partial charge in [0.15, 0.2) is 0 Å². The first-order valence-corrected chi connectivity index (χ1v) is 6.80. The Morgan fingerprint density at radius 1 is 1.00 bits per heavy atom. The van der Waals surface area contributed by atoms with Crippen LogP contribution in [0.15, 0.2) is 62.0 Å². The molecule has 0 amide bonds. The predicted molar refractivity (Wildman–Crippen MR) is 78.5 cm³/mol. The molecule has 0 heterocycles. The van der Waals surface area contributed by atoms with Crippen LogP contribution in [0.25, 0.3) is 0 Å². The molecule has 0 aliphatic rings. The first kappa shape index (κ1) is 13.4. The fourth-order valence-electron chi connectivity index (χ4n) is 1.40. The molecule has 0 saturated heterocycles. The molecule has 0 atom stereocenters. The van der Waals surface area contributed by atoms with E-state index in [9.17, 15) is 4.79 Å². The van der Waals surface area contributed by atoms with Gasteiger partial charge in [-0.15, -0.1) is 25.3 Å². The van der Waals surface area contributed by atoms with E-state index in [1.165, 1.54) is 11.8 Å². The third kappa shape index (κ3) is 3.25. The van der Waals surface area contributed by atoms with Crippen LogP contribution < -0.4 is 0 Å². The third-order valence-corrected chi connectivity index (χ3v) is 3.96. The molecule has 2 nitrogen and oxygen atoms in total. The Bertz CT molecular complexity index is 579. The molecular weight excluding hydrogens is 284 g/mol. The van der Waals surface area contributed by atoms with E-state index in [-0.39, 0.29) is 5.56 Å². The van der Waals surface area contributed by atoms with Crippen molar-refractivity contribution in [2.75, 3.05) is 0 Å². The molecule has 0 fully saturated rings. The summed E-state index contributed by atoms with van der Waals surface area (Å²) in [5.41, 5.74) is 0.217. The number of aromatic carboxylic acids is 1. The van der Waals surface area contributed by atoms with Gasteiger partial charge in [-0.2, -0.15) is 0 Å². The largest absolute Gasteiger partial charge is 0.478 e. The fourth-order valence-corrected chi connectivity index (χ4v) is 2.64. The number of benzene rings is 2. The highest BCUT2D eigenvalue weighted by Gasteiger charge is 2.09. The Balaban J connectivity index is 2.27. The number of hydrogen-bond acceptors (Lipinski definition) is 4. The molecule has 2 rings (SSSR count). The minimum Gasteiger partial charge on any atom is -0.478 e. The minimum absolute atomic E-state index is 0.217. The molecule has 0 bridgehead atoms. The third-order valence-electron chi connectivity index (χ3n) is 2.27. The summed E-state index contributed by atoms with van der Waals surface area (Å²) in [5.74, 6) is -0.965. The zero-order chi connectivity index (χ0) is 13.1. The van der Waals surface area contributed by atoms with Crippen LogP contribution in [0.4, 0.5) is 0 Å². The summed E-state index contributed by atoms with van der Waals surface area (Å²) in [6.07, 6.45) is 0. The lowest BCUT2D eigenvalue weighted by atomic mass is 10.2. The van der Waals surface area contributed by atoms with Gasteiger partial charge in [-0.05, 0) is 42.5 Å². The topological polar surface area (TPSA) is 37.3 Å². The van der Waals surface area contributed by atoms with E-state index in [0.717, 1.165) is 14.7 Å². The van der Waals surface area contributed by atoms with E-state index < -0.39 is 5.97 Å². The maximum absolute atomic E-state index is 11.0. The van der Waals surface area contributed by atoms with E-state index in [0.29, 0.717) is 4.90 Å². The number of carbonyl (C=O) groups is 1. The maximum Gasteiger partial charge on any atom is 0.336 e. The second-order valence-electron chi connectivity index (χ2n) is 3.58.